The Kier molecular flexibility index (Phi) is 5.74. The van der Waals surface area contributed by atoms with Crippen molar-refractivity contribution in [1.82, 2.24) is 5.32 Å². The van der Waals surface area contributed by atoms with Gasteiger partial charge in [-0.1, -0.05) is 25.0 Å². The minimum atomic E-state index is -0.688. The second-order valence-electron chi connectivity index (χ2n) is 6.13. The lowest BCUT2D eigenvalue weighted by Gasteiger charge is -2.19. The molecule has 0 aromatic heterocycles. The Balaban J connectivity index is 1.76. The van der Waals surface area contributed by atoms with Gasteiger partial charge in [-0.15, -0.1) is 0 Å². The number of aliphatic hydroxyl groups excluding tert-OH is 1. The first-order chi connectivity index (χ1) is 10.0. The molecular formula is C17H24FNO2. The van der Waals surface area contributed by atoms with Gasteiger partial charge in [0.1, 0.15) is 5.82 Å². The van der Waals surface area contributed by atoms with Crippen molar-refractivity contribution >= 4 is 5.91 Å². The molecule has 2 rings (SSSR count). The standard InChI is InChI=1S/C17H24FNO2/c1-12(19-17(21)11-13-4-2-3-5-13)10-16(20)14-6-8-15(18)9-7-14/h6-9,12-13,16,20H,2-5,10-11H2,1H3,(H,19,21). The molecule has 0 saturated heterocycles. The summed E-state index contributed by atoms with van der Waals surface area (Å²) in [6.07, 6.45) is 5.11. The highest BCUT2D eigenvalue weighted by Gasteiger charge is 2.20. The van der Waals surface area contributed by atoms with Crippen molar-refractivity contribution in [2.75, 3.05) is 0 Å². The number of nitrogens with one attached hydrogen (secondary N) is 1. The van der Waals surface area contributed by atoms with E-state index in [4.69, 9.17) is 0 Å². The average molecular weight is 293 g/mol. The zero-order valence-electron chi connectivity index (χ0n) is 12.5. The van der Waals surface area contributed by atoms with Gasteiger partial charge in [-0.2, -0.15) is 0 Å². The van der Waals surface area contributed by atoms with Gasteiger partial charge >= 0.3 is 0 Å². The lowest BCUT2D eigenvalue weighted by Crippen LogP contribution is -2.34. The van der Waals surface area contributed by atoms with Gasteiger partial charge in [-0.3, -0.25) is 4.79 Å². The van der Waals surface area contributed by atoms with Gasteiger partial charge in [0.15, 0.2) is 0 Å². The molecule has 0 aliphatic heterocycles. The predicted octanol–water partition coefficient (Wildman–Crippen LogP) is 3.33. The van der Waals surface area contributed by atoms with Crippen LogP contribution in [0.15, 0.2) is 24.3 Å². The van der Waals surface area contributed by atoms with Crippen LogP contribution in [0, 0.1) is 11.7 Å². The van der Waals surface area contributed by atoms with Gasteiger partial charge in [-0.25, -0.2) is 4.39 Å². The zero-order valence-corrected chi connectivity index (χ0v) is 12.5. The fraction of sp³-hybridized carbons (Fsp3) is 0.588. The minimum absolute atomic E-state index is 0.0701. The maximum atomic E-state index is 12.8. The molecule has 116 valence electrons. The number of halogens is 1. The smallest absolute Gasteiger partial charge is 0.220 e. The lowest BCUT2D eigenvalue weighted by atomic mass is 10.0. The molecule has 1 aliphatic carbocycles. The first kappa shape index (κ1) is 16.0. The first-order valence-electron chi connectivity index (χ1n) is 7.77. The van der Waals surface area contributed by atoms with E-state index in [1.54, 1.807) is 12.1 Å². The van der Waals surface area contributed by atoms with Gasteiger partial charge in [0, 0.05) is 12.5 Å². The molecule has 21 heavy (non-hydrogen) atoms. The molecular weight excluding hydrogens is 269 g/mol. The summed E-state index contributed by atoms with van der Waals surface area (Å²) in [6.45, 7) is 1.89. The Morgan fingerprint density at radius 3 is 2.57 bits per heavy atom. The molecule has 3 nitrogen and oxygen atoms in total. The van der Waals surface area contributed by atoms with Crippen molar-refractivity contribution in [3.05, 3.63) is 35.6 Å². The van der Waals surface area contributed by atoms with Crippen molar-refractivity contribution in [2.45, 2.75) is 57.6 Å². The quantitative estimate of drug-likeness (QED) is 0.845. The summed E-state index contributed by atoms with van der Waals surface area (Å²) >= 11 is 0. The van der Waals surface area contributed by atoms with Crippen LogP contribution in [0.4, 0.5) is 4.39 Å². The summed E-state index contributed by atoms with van der Waals surface area (Å²) < 4.78 is 12.8. The second-order valence-corrected chi connectivity index (χ2v) is 6.13. The van der Waals surface area contributed by atoms with Crippen LogP contribution in [0.25, 0.3) is 0 Å². The van der Waals surface area contributed by atoms with E-state index < -0.39 is 6.10 Å². The second kappa shape index (κ2) is 7.55. The summed E-state index contributed by atoms with van der Waals surface area (Å²) in [7, 11) is 0. The molecule has 1 aliphatic rings. The maximum absolute atomic E-state index is 12.8. The van der Waals surface area contributed by atoms with Crippen LogP contribution in [0.5, 0.6) is 0 Å². The third-order valence-electron chi connectivity index (χ3n) is 4.19. The van der Waals surface area contributed by atoms with Gasteiger partial charge in [0.25, 0.3) is 0 Å². The molecule has 0 spiro atoms. The van der Waals surface area contributed by atoms with E-state index in [0.29, 0.717) is 24.3 Å². The number of hydrogen-bond acceptors (Lipinski definition) is 2. The van der Waals surface area contributed by atoms with Crippen LogP contribution in [0.2, 0.25) is 0 Å². The Morgan fingerprint density at radius 1 is 1.33 bits per heavy atom. The van der Waals surface area contributed by atoms with Crippen LogP contribution in [0.1, 0.15) is 57.1 Å². The van der Waals surface area contributed by atoms with Crippen molar-refractivity contribution in [2.24, 2.45) is 5.92 Å². The summed E-state index contributed by atoms with van der Waals surface area (Å²) in [5, 5.41) is 13.1. The number of benzene rings is 1. The van der Waals surface area contributed by atoms with Crippen LogP contribution >= 0.6 is 0 Å². The van der Waals surface area contributed by atoms with Gasteiger partial charge in [0.2, 0.25) is 5.91 Å². The summed E-state index contributed by atoms with van der Waals surface area (Å²) in [5.74, 6) is 0.281. The van der Waals surface area contributed by atoms with E-state index in [1.165, 1.54) is 25.0 Å². The molecule has 0 heterocycles. The Bertz CT molecular complexity index is 454. The highest BCUT2D eigenvalue weighted by Crippen LogP contribution is 2.27. The van der Waals surface area contributed by atoms with Crippen LogP contribution in [-0.4, -0.2) is 17.1 Å². The highest BCUT2D eigenvalue weighted by atomic mass is 19.1. The molecule has 1 aromatic rings. The molecule has 0 radical (unpaired) electrons. The number of aliphatic hydroxyl groups is 1. The SMILES string of the molecule is CC(CC(O)c1ccc(F)cc1)NC(=O)CC1CCCC1. The third kappa shape index (κ3) is 5.12. The summed E-state index contributed by atoms with van der Waals surface area (Å²) in [6, 6.07) is 5.73. The monoisotopic (exact) mass is 293 g/mol. The maximum Gasteiger partial charge on any atom is 0.220 e. The first-order valence-corrected chi connectivity index (χ1v) is 7.77. The lowest BCUT2D eigenvalue weighted by molar-refractivity contribution is -0.122. The highest BCUT2D eigenvalue weighted by molar-refractivity contribution is 5.76. The Morgan fingerprint density at radius 2 is 1.95 bits per heavy atom. The number of rotatable bonds is 6. The number of amides is 1. The van der Waals surface area contributed by atoms with E-state index >= 15 is 0 Å². The van der Waals surface area contributed by atoms with Crippen molar-refractivity contribution < 1.29 is 14.3 Å². The topological polar surface area (TPSA) is 49.3 Å². The number of carbonyl (C=O) groups is 1. The van der Waals surface area contributed by atoms with Crippen LogP contribution in [-0.2, 0) is 4.79 Å². The number of carbonyl (C=O) groups excluding carboxylic acids is 1. The predicted molar refractivity (Wildman–Crippen MR) is 80.2 cm³/mol. The summed E-state index contributed by atoms with van der Waals surface area (Å²) in [5.41, 5.74) is 0.674. The van der Waals surface area contributed by atoms with E-state index in [0.717, 1.165) is 12.8 Å². The van der Waals surface area contributed by atoms with Gasteiger partial charge in [0.05, 0.1) is 6.10 Å². The number of hydrogen-bond donors (Lipinski definition) is 2. The van der Waals surface area contributed by atoms with Crippen molar-refractivity contribution in [1.29, 1.82) is 0 Å². The molecule has 4 heteroatoms. The van der Waals surface area contributed by atoms with Crippen molar-refractivity contribution in [3.63, 3.8) is 0 Å². The van der Waals surface area contributed by atoms with Crippen molar-refractivity contribution in [3.8, 4) is 0 Å². The van der Waals surface area contributed by atoms with E-state index in [2.05, 4.69) is 5.32 Å². The molecule has 1 aromatic carbocycles. The molecule has 2 unspecified atom stereocenters. The molecule has 1 fully saturated rings. The van der Waals surface area contributed by atoms with Crippen LogP contribution in [0.3, 0.4) is 0 Å². The van der Waals surface area contributed by atoms with E-state index in [1.807, 2.05) is 6.92 Å². The third-order valence-corrected chi connectivity index (χ3v) is 4.19. The largest absolute Gasteiger partial charge is 0.388 e. The molecule has 1 amide bonds. The molecule has 2 N–H and O–H groups in total. The minimum Gasteiger partial charge on any atom is -0.388 e. The fourth-order valence-corrected chi connectivity index (χ4v) is 3.03. The zero-order chi connectivity index (χ0) is 15.2. The normalized spacial score (nSPS) is 18.4. The van der Waals surface area contributed by atoms with Gasteiger partial charge < -0.3 is 10.4 Å². The Hall–Kier alpha value is -1.42. The molecule has 1 saturated carbocycles. The van der Waals surface area contributed by atoms with Gasteiger partial charge in [-0.05, 0) is 49.8 Å². The average Bonchev–Trinajstić information content (AvgIpc) is 2.91. The molecule has 0 bridgehead atoms. The fourth-order valence-electron chi connectivity index (χ4n) is 3.03. The summed E-state index contributed by atoms with van der Waals surface area (Å²) in [4.78, 5) is 11.9. The molecule has 2 atom stereocenters. The van der Waals surface area contributed by atoms with E-state index in [-0.39, 0.29) is 17.8 Å². The Labute approximate surface area is 125 Å². The van der Waals surface area contributed by atoms with Crippen LogP contribution < -0.4 is 5.32 Å². The van der Waals surface area contributed by atoms with E-state index in [9.17, 15) is 14.3 Å².